The number of fused-ring (bicyclic) bond motifs is 1. The number of hydrogen-bond donors (Lipinski definition) is 1. The van der Waals surface area contributed by atoms with Crippen LogP contribution in [-0.2, 0) is 0 Å². The van der Waals surface area contributed by atoms with E-state index in [-0.39, 0.29) is 11.7 Å². The lowest BCUT2D eigenvalue weighted by molar-refractivity contribution is 0.0998. The first kappa shape index (κ1) is 19.8. The fourth-order valence-corrected chi connectivity index (χ4v) is 3.73. The van der Waals surface area contributed by atoms with Crippen LogP contribution in [0.15, 0.2) is 65.5 Å². The van der Waals surface area contributed by atoms with E-state index in [4.69, 9.17) is 9.15 Å². The molecule has 4 aromatic rings. The Morgan fingerprint density at radius 3 is 2.50 bits per heavy atom. The minimum Gasteiger partial charge on any atom is -0.493 e. The molecule has 0 saturated carbocycles. The van der Waals surface area contributed by atoms with Gasteiger partial charge in [0.25, 0.3) is 5.91 Å². The predicted octanol–water partition coefficient (Wildman–Crippen LogP) is 3.21. The molecule has 1 fully saturated rings. The minimum absolute atomic E-state index is 0.194. The highest BCUT2D eigenvalue weighted by Gasteiger charge is 2.20. The van der Waals surface area contributed by atoms with E-state index in [0.29, 0.717) is 23.0 Å². The second-order valence-electron chi connectivity index (χ2n) is 7.38. The molecule has 5 rings (SSSR count). The molecule has 0 atom stereocenters. The summed E-state index contributed by atoms with van der Waals surface area (Å²) in [7, 11) is 1.56. The van der Waals surface area contributed by atoms with Gasteiger partial charge in [0.1, 0.15) is 5.82 Å². The van der Waals surface area contributed by atoms with E-state index >= 15 is 0 Å². The molecule has 0 spiro atoms. The maximum atomic E-state index is 12.6. The third-order valence-electron chi connectivity index (χ3n) is 5.38. The van der Waals surface area contributed by atoms with E-state index in [2.05, 4.69) is 30.1 Å². The Hall–Kier alpha value is -4.14. The van der Waals surface area contributed by atoms with Crippen molar-refractivity contribution in [3.8, 4) is 5.75 Å². The van der Waals surface area contributed by atoms with Gasteiger partial charge in [-0.05, 0) is 24.3 Å². The normalized spacial score (nSPS) is 13.9. The molecule has 1 aliphatic heterocycles. The third-order valence-corrected chi connectivity index (χ3v) is 5.38. The SMILES string of the molecule is COc1cccc2cc(C(=O)Nc3cnc(N4CCN(c5ccccn5)CC4)nc3)oc12. The van der Waals surface area contributed by atoms with Gasteiger partial charge in [0.15, 0.2) is 17.1 Å². The summed E-state index contributed by atoms with van der Waals surface area (Å²) in [5.41, 5.74) is 1.04. The van der Waals surface area contributed by atoms with Crippen molar-refractivity contribution in [1.82, 2.24) is 15.0 Å². The van der Waals surface area contributed by atoms with Crippen molar-refractivity contribution in [2.75, 3.05) is 48.4 Å². The molecular formula is C23H22N6O3. The number of aromatic nitrogens is 3. The Balaban J connectivity index is 1.22. The number of nitrogens with zero attached hydrogens (tertiary/aromatic N) is 5. The largest absolute Gasteiger partial charge is 0.493 e. The number of hydrogen-bond acceptors (Lipinski definition) is 8. The molecule has 32 heavy (non-hydrogen) atoms. The lowest BCUT2D eigenvalue weighted by atomic mass is 10.2. The zero-order chi connectivity index (χ0) is 21.9. The van der Waals surface area contributed by atoms with E-state index in [9.17, 15) is 4.79 Å². The molecule has 3 aromatic heterocycles. The molecule has 0 bridgehead atoms. The monoisotopic (exact) mass is 430 g/mol. The number of ether oxygens (including phenoxy) is 1. The highest BCUT2D eigenvalue weighted by atomic mass is 16.5. The molecule has 1 aliphatic rings. The Labute approximate surface area is 184 Å². The summed E-state index contributed by atoms with van der Waals surface area (Å²) in [6, 6.07) is 13.1. The van der Waals surface area contributed by atoms with Crippen LogP contribution in [0.25, 0.3) is 11.0 Å². The Bertz CT molecular complexity index is 1220. The first-order valence-electron chi connectivity index (χ1n) is 10.3. The van der Waals surface area contributed by atoms with Gasteiger partial charge >= 0.3 is 0 Å². The summed E-state index contributed by atoms with van der Waals surface area (Å²) in [5, 5.41) is 3.58. The number of furan rings is 1. The van der Waals surface area contributed by atoms with Gasteiger partial charge in [-0.2, -0.15) is 0 Å². The van der Waals surface area contributed by atoms with E-state index in [1.165, 1.54) is 0 Å². The second kappa shape index (κ2) is 8.54. The minimum atomic E-state index is -0.372. The van der Waals surface area contributed by atoms with Crippen LogP contribution in [0.3, 0.4) is 0 Å². The van der Waals surface area contributed by atoms with Crippen molar-refractivity contribution < 1.29 is 13.9 Å². The van der Waals surface area contributed by atoms with E-state index in [0.717, 1.165) is 37.4 Å². The molecule has 9 heteroatoms. The molecular weight excluding hydrogens is 408 g/mol. The van der Waals surface area contributed by atoms with Gasteiger partial charge in [0.2, 0.25) is 5.95 Å². The summed E-state index contributed by atoms with van der Waals surface area (Å²) < 4.78 is 11.0. The fraction of sp³-hybridized carbons (Fsp3) is 0.217. The lowest BCUT2D eigenvalue weighted by Crippen LogP contribution is -2.47. The highest BCUT2D eigenvalue weighted by molar-refractivity contribution is 6.05. The molecule has 1 amide bonds. The number of piperazine rings is 1. The lowest BCUT2D eigenvalue weighted by Gasteiger charge is -2.35. The highest BCUT2D eigenvalue weighted by Crippen LogP contribution is 2.28. The van der Waals surface area contributed by atoms with Crippen molar-refractivity contribution in [1.29, 1.82) is 0 Å². The van der Waals surface area contributed by atoms with Crippen LogP contribution in [0.1, 0.15) is 10.6 Å². The fourth-order valence-electron chi connectivity index (χ4n) is 3.73. The van der Waals surface area contributed by atoms with E-state index in [1.54, 1.807) is 37.8 Å². The van der Waals surface area contributed by atoms with Gasteiger partial charge in [0.05, 0.1) is 25.2 Å². The van der Waals surface area contributed by atoms with Crippen LogP contribution >= 0.6 is 0 Å². The maximum Gasteiger partial charge on any atom is 0.291 e. The number of carbonyl (C=O) groups is 1. The van der Waals surface area contributed by atoms with E-state index in [1.807, 2.05) is 30.3 Å². The van der Waals surface area contributed by atoms with Crippen molar-refractivity contribution >= 4 is 34.3 Å². The summed E-state index contributed by atoms with van der Waals surface area (Å²) >= 11 is 0. The van der Waals surface area contributed by atoms with Crippen LogP contribution in [0.4, 0.5) is 17.5 Å². The van der Waals surface area contributed by atoms with Crippen LogP contribution in [0, 0.1) is 0 Å². The smallest absolute Gasteiger partial charge is 0.291 e. The number of amides is 1. The molecule has 4 heterocycles. The average molecular weight is 430 g/mol. The molecule has 0 unspecified atom stereocenters. The molecule has 0 aliphatic carbocycles. The summed E-state index contributed by atoms with van der Waals surface area (Å²) in [6.45, 7) is 3.27. The molecule has 1 aromatic carbocycles. The maximum absolute atomic E-state index is 12.6. The van der Waals surface area contributed by atoms with Gasteiger partial charge in [0, 0.05) is 37.8 Å². The number of anilines is 3. The Morgan fingerprint density at radius 2 is 1.78 bits per heavy atom. The van der Waals surface area contributed by atoms with Gasteiger partial charge in [-0.1, -0.05) is 18.2 Å². The van der Waals surface area contributed by atoms with E-state index < -0.39 is 0 Å². The molecule has 1 N–H and O–H groups in total. The summed E-state index contributed by atoms with van der Waals surface area (Å²) in [6.07, 6.45) is 5.02. The number of para-hydroxylation sites is 1. The zero-order valence-electron chi connectivity index (χ0n) is 17.6. The van der Waals surface area contributed by atoms with Gasteiger partial charge in [-0.3, -0.25) is 4.79 Å². The number of benzene rings is 1. The van der Waals surface area contributed by atoms with Crippen LogP contribution in [-0.4, -0.2) is 54.1 Å². The van der Waals surface area contributed by atoms with Crippen LogP contribution in [0.2, 0.25) is 0 Å². The number of rotatable bonds is 5. The molecule has 9 nitrogen and oxygen atoms in total. The van der Waals surface area contributed by atoms with Crippen molar-refractivity contribution in [3.05, 3.63) is 66.8 Å². The first-order valence-corrected chi connectivity index (χ1v) is 10.3. The summed E-state index contributed by atoms with van der Waals surface area (Å²) in [4.78, 5) is 30.3. The topological polar surface area (TPSA) is 96.6 Å². The average Bonchev–Trinajstić information content (AvgIpc) is 3.30. The quantitative estimate of drug-likeness (QED) is 0.516. The predicted molar refractivity (Wildman–Crippen MR) is 121 cm³/mol. The molecule has 0 radical (unpaired) electrons. The zero-order valence-corrected chi connectivity index (χ0v) is 17.6. The van der Waals surface area contributed by atoms with Gasteiger partial charge in [-0.15, -0.1) is 0 Å². The van der Waals surface area contributed by atoms with Crippen molar-refractivity contribution in [2.24, 2.45) is 0 Å². The standard InChI is InChI=1S/C23H22N6O3/c1-31-18-6-4-5-16-13-19(32-21(16)18)22(30)27-17-14-25-23(26-15-17)29-11-9-28(10-12-29)20-7-2-3-8-24-20/h2-8,13-15H,9-12H2,1H3,(H,27,30). The second-order valence-corrected chi connectivity index (χ2v) is 7.38. The van der Waals surface area contributed by atoms with Crippen molar-refractivity contribution in [3.63, 3.8) is 0 Å². The van der Waals surface area contributed by atoms with Crippen LogP contribution < -0.4 is 19.9 Å². The number of carbonyl (C=O) groups excluding carboxylic acids is 1. The number of pyridine rings is 1. The first-order chi connectivity index (χ1) is 15.7. The Morgan fingerprint density at radius 1 is 1.00 bits per heavy atom. The van der Waals surface area contributed by atoms with Gasteiger partial charge in [-0.25, -0.2) is 15.0 Å². The molecule has 162 valence electrons. The number of nitrogens with one attached hydrogen (secondary N) is 1. The summed E-state index contributed by atoms with van der Waals surface area (Å²) in [5.74, 6) is 2.02. The number of methoxy groups -OCH3 is 1. The molecule has 1 saturated heterocycles. The van der Waals surface area contributed by atoms with Crippen molar-refractivity contribution in [2.45, 2.75) is 0 Å². The third kappa shape index (κ3) is 3.92. The Kier molecular flexibility index (Phi) is 5.29. The van der Waals surface area contributed by atoms with Crippen LogP contribution in [0.5, 0.6) is 5.75 Å². The van der Waals surface area contributed by atoms with Gasteiger partial charge < -0.3 is 24.3 Å².